The molecule has 2 aromatic carbocycles. The quantitative estimate of drug-likeness (QED) is 0.290. The minimum atomic E-state index is -10.5. The summed E-state index contributed by atoms with van der Waals surface area (Å²) in [6.07, 6.45) is 1.000. The smallest absolute Gasteiger partial charge is 0.311 e. The van der Waals surface area contributed by atoms with Crippen molar-refractivity contribution in [2.24, 2.45) is 16.5 Å². The Morgan fingerprint density at radius 3 is 1.86 bits per heavy atom. The van der Waals surface area contributed by atoms with Crippen LogP contribution in [-0.2, 0) is 19.7 Å². The fourth-order valence-corrected chi connectivity index (χ4v) is 5.98. The van der Waals surface area contributed by atoms with Crippen LogP contribution in [0, 0.1) is 6.92 Å². The molecule has 0 aliphatic carbocycles. The number of amides is 1. The third kappa shape index (κ3) is 7.42. The lowest BCUT2D eigenvalue weighted by Crippen LogP contribution is -2.24. The molecule has 0 bridgehead atoms. The molecule has 0 spiro atoms. The van der Waals surface area contributed by atoms with Crippen molar-refractivity contribution >= 4 is 54.2 Å². The van der Waals surface area contributed by atoms with Gasteiger partial charge in [0, 0.05) is 24.1 Å². The summed E-state index contributed by atoms with van der Waals surface area (Å²) in [6.45, 7) is 1.29. The monoisotopic (exact) mass is 587 g/mol. The van der Waals surface area contributed by atoms with Gasteiger partial charge in [-0.15, -0.1) is 12.4 Å². The van der Waals surface area contributed by atoms with E-state index in [1.165, 1.54) is 6.92 Å². The number of hydrogen-bond acceptors (Lipinski definition) is 6. The van der Waals surface area contributed by atoms with Gasteiger partial charge in [-0.2, -0.15) is 4.99 Å². The van der Waals surface area contributed by atoms with Gasteiger partial charge in [0.15, 0.2) is 25.6 Å². The van der Waals surface area contributed by atoms with Crippen LogP contribution in [0.5, 0.6) is 11.5 Å². The second-order valence-electron chi connectivity index (χ2n) is 7.18. The molecule has 0 saturated heterocycles. The predicted molar refractivity (Wildman–Crippen MR) is 123 cm³/mol. The topological polar surface area (TPSA) is 159 Å². The summed E-state index contributed by atoms with van der Waals surface area (Å²) in [5, 5.41) is 0. The Kier molecular flexibility index (Phi) is 7.38. The molecule has 0 fully saturated rings. The van der Waals surface area contributed by atoms with Crippen LogP contribution >= 0.6 is 22.6 Å². The highest BCUT2D eigenvalue weighted by Gasteiger charge is 2.67. The molecule has 0 aliphatic heterocycles. The number of aryl methyl sites for hydroxylation is 1. The minimum absolute atomic E-state index is 0. The fraction of sp³-hybridized carbons (Fsp3) is 0.176. The summed E-state index contributed by atoms with van der Waals surface area (Å²) < 4.78 is 121. The normalized spacial score (nSPS) is 14.2. The number of carbonyl (C=O) groups is 1. The molecular formula is C17H19ClF5N3O6S3. The summed E-state index contributed by atoms with van der Waals surface area (Å²) in [6, 6.07) is 2.41. The van der Waals surface area contributed by atoms with E-state index in [2.05, 4.69) is 4.99 Å². The van der Waals surface area contributed by atoms with E-state index in [4.69, 9.17) is 16.2 Å². The number of sulfone groups is 2. The maximum atomic E-state index is 13.5. The van der Waals surface area contributed by atoms with Crippen molar-refractivity contribution in [3.63, 3.8) is 0 Å². The van der Waals surface area contributed by atoms with E-state index in [-0.39, 0.29) is 35.7 Å². The Bertz CT molecular complexity index is 1460. The SMILES string of the molecule is Cc1cc(Oc2ccc(S(C)(=O)=O)c(S(F)(F)(F)(F)F)c2)c(S(C)(=O)=O)cc1C(=O)N=C(N)N.Cl. The lowest BCUT2D eigenvalue weighted by molar-refractivity contribution is 0.100. The van der Waals surface area contributed by atoms with Gasteiger partial charge in [-0.3, -0.25) is 4.79 Å². The molecule has 2 aromatic rings. The zero-order valence-corrected chi connectivity index (χ0v) is 21.2. The van der Waals surface area contributed by atoms with Crippen LogP contribution in [-0.4, -0.2) is 41.2 Å². The van der Waals surface area contributed by atoms with Gasteiger partial charge in [0.2, 0.25) is 0 Å². The second-order valence-corrected chi connectivity index (χ2v) is 13.5. The number of hydrogen-bond donors (Lipinski definition) is 2. The first-order valence-electron chi connectivity index (χ1n) is 8.65. The molecule has 0 atom stereocenters. The van der Waals surface area contributed by atoms with Crippen LogP contribution < -0.4 is 16.2 Å². The summed E-state index contributed by atoms with van der Waals surface area (Å²) in [5.74, 6) is -3.22. The number of halogens is 6. The molecule has 0 aliphatic rings. The van der Waals surface area contributed by atoms with Gasteiger partial charge in [-0.25, -0.2) is 16.8 Å². The summed E-state index contributed by atoms with van der Waals surface area (Å²) in [7, 11) is -19.5. The van der Waals surface area contributed by atoms with E-state index in [0.29, 0.717) is 18.6 Å². The molecule has 0 saturated carbocycles. The Labute approximate surface area is 203 Å². The summed E-state index contributed by atoms with van der Waals surface area (Å²) in [5.41, 5.74) is 9.98. The van der Waals surface area contributed by atoms with Crippen molar-refractivity contribution in [2.45, 2.75) is 21.6 Å². The Balaban J connectivity index is 0.00000612. The lowest BCUT2D eigenvalue weighted by Gasteiger charge is -2.41. The zero-order valence-electron chi connectivity index (χ0n) is 18.0. The molecule has 0 aromatic heterocycles. The van der Waals surface area contributed by atoms with Gasteiger partial charge in [0.1, 0.15) is 21.3 Å². The molecule has 35 heavy (non-hydrogen) atoms. The van der Waals surface area contributed by atoms with E-state index in [1.807, 2.05) is 0 Å². The highest BCUT2D eigenvalue weighted by atomic mass is 35.5. The molecule has 0 heterocycles. The highest BCUT2D eigenvalue weighted by molar-refractivity contribution is 8.45. The van der Waals surface area contributed by atoms with Crippen LogP contribution in [0.2, 0.25) is 0 Å². The van der Waals surface area contributed by atoms with Gasteiger partial charge < -0.3 is 16.2 Å². The van der Waals surface area contributed by atoms with Crippen LogP contribution in [0.15, 0.2) is 50.0 Å². The zero-order chi connectivity index (χ0) is 26.6. The molecule has 18 heteroatoms. The average molecular weight is 588 g/mol. The van der Waals surface area contributed by atoms with E-state index >= 15 is 0 Å². The van der Waals surface area contributed by atoms with E-state index < -0.39 is 68.0 Å². The fourth-order valence-electron chi connectivity index (χ4n) is 2.73. The maximum Gasteiger partial charge on any atom is 0.311 e. The molecule has 1 amide bonds. The van der Waals surface area contributed by atoms with Crippen molar-refractivity contribution in [3.8, 4) is 11.5 Å². The van der Waals surface area contributed by atoms with Gasteiger partial charge in [0.05, 0.1) is 4.90 Å². The largest absolute Gasteiger partial charge is 0.456 e. The van der Waals surface area contributed by atoms with E-state index in [9.17, 15) is 41.1 Å². The number of aliphatic imine (C=N–C) groups is 1. The van der Waals surface area contributed by atoms with Crippen molar-refractivity contribution in [1.82, 2.24) is 0 Å². The second kappa shape index (κ2) is 8.49. The third-order valence-corrected chi connectivity index (χ3v) is 7.68. The highest BCUT2D eigenvalue weighted by Crippen LogP contribution is 3.02. The number of nitrogens with two attached hydrogens (primary N) is 2. The molecular weight excluding hydrogens is 569 g/mol. The molecule has 0 radical (unpaired) electrons. The van der Waals surface area contributed by atoms with Gasteiger partial charge in [-0.05, 0) is 36.8 Å². The third-order valence-electron chi connectivity index (χ3n) is 4.11. The number of carbonyl (C=O) groups excluding carboxylic acids is 1. The van der Waals surface area contributed by atoms with Crippen LogP contribution in [0.4, 0.5) is 19.4 Å². The van der Waals surface area contributed by atoms with Crippen LogP contribution in [0.25, 0.3) is 0 Å². The number of guanidine groups is 1. The summed E-state index contributed by atoms with van der Waals surface area (Å²) in [4.78, 5) is 10.3. The van der Waals surface area contributed by atoms with Gasteiger partial charge in [0.25, 0.3) is 5.91 Å². The lowest BCUT2D eigenvalue weighted by atomic mass is 10.1. The summed E-state index contributed by atoms with van der Waals surface area (Å²) >= 11 is 0. The van der Waals surface area contributed by atoms with Crippen molar-refractivity contribution in [2.75, 3.05) is 12.5 Å². The number of ether oxygens (including phenoxy) is 1. The Morgan fingerprint density at radius 2 is 1.43 bits per heavy atom. The van der Waals surface area contributed by atoms with Crippen LogP contribution in [0.1, 0.15) is 15.9 Å². The Hall–Kier alpha value is -2.63. The predicted octanol–water partition coefficient (Wildman–Crippen LogP) is 4.09. The minimum Gasteiger partial charge on any atom is -0.456 e. The first-order chi connectivity index (χ1) is 14.9. The molecule has 198 valence electrons. The Morgan fingerprint density at radius 1 is 0.914 bits per heavy atom. The molecule has 2 rings (SSSR count). The van der Waals surface area contributed by atoms with E-state index in [1.54, 1.807) is 0 Å². The van der Waals surface area contributed by atoms with Crippen molar-refractivity contribution < 1.29 is 45.8 Å². The number of rotatable bonds is 6. The number of benzene rings is 2. The first kappa shape index (κ1) is 30.4. The first-order valence-corrected chi connectivity index (χ1v) is 14.4. The number of nitrogens with zero attached hydrogens (tertiary/aromatic N) is 1. The van der Waals surface area contributed by atoms with E-state index in [0.717, 1.165) is 12.1 Å². The standard InChI is InChI=1S/C17H18F5N3O6S3.ClH/c1-9-6-12(14(33(3,29)30)8-11(9)16(26)25-17(23)24)31-10-4-5-13(32(2,27)28)15(7-10)34(18,19,20,21)22;/h4-8H,1-3H3,(H4,23,24,25,26);1H. The van der Waals surface area contributed by atoms with Crippen LogP contribution in [0.3, 0.4) is 0 Å². The van der Waals surface area contributed by atoms with Crippen molar-refractivity contribution in [3.05, 3.63) is 41.5 Å². The maximum absolute atomic E-state index is 13.5. The average Bonchev–Trinajstić information content (AvgIpc) is 2.57. The molecule has 0 unspecified atom stereocenters. The van der Waals surface area contributed by atoms with Gasteiger partial charge >= 0.3 is 10.2 Å². The molecule has 9 nitrogen and oxygen atoms in total. The molecule has 4 N–H and O–H groups in total. The van der Waals surface area contributed by atoms with Gasteiger partial charge in [-0.1, -0.05) is 19.4 Å². The van der Waals surface area contributed by atoms with Crippen molar-refractivity contribution in [1.29, 1.82) is 0 Å².